The molecule has 31 heavy (non-hydrogen) atoms. The van der Waals surface area contributed by atoms with Crippen molar-refractivity contribution in [1.29, 1.82) is 0 Å². The third-order valence-electron chi connectivity index (χ3n) is 4.85. The van der Waals surface area contributed by atoms with Gasteiger partial charge in [-0.25, -0.2) is 4.98 Å². The van der Waals surface area contributed by atoms with E-state index in [1.54, 1.807) is 31.2 Å². The molecule has 3 N–H and O–H groups in total. The second kappa shape index (κ2) is 9.01. The number of phenols is 1. The van der Waals surface area contributed by atoms with Gasteiger partial charge in [-0.15, -0.1) is 0 Å². The van der Waals surface area contributed by atoms with E-state index >= 15 is 0 Å². The lowest BCUT2D eigenvalue weighted by molar-refractivity contribution is -0.122. The zero-order chi connectivity index (χ0) is 21.8. The molecule has 8 heteroatoms. The maximum absolute atomic E-state index is 12.6. The van der Waals surface area contributed by atoms with Crippen LogP contribution in [0, 0.1) is 0 Å². The average molecular weight is 435 g/mol. The smallest absolute Gasteiger partial charge is 0.251 e. The summed E-state index contributed by atoms with van der Waals surface area (Å²) in [5.74, 6) is -0.346. The molecule has 2 aromatic heterocycles. The first-order valence-electron chi connectivity index (χ1n) is 9.90. The Morgan fingerprint density at radius 1 is 1.13 bits per heavy atom. The van der Waals surface area contributed by atoms with E-state index in [1.165, 1.54) is 11.3 Å². The van der Waals surface area contributed by atoms with Gasteiger partial charge in [0.1, 0.15) is 11.8 Å². The summed E-state index contributed by atoms with van der Waals surface area (Å²) < 4.78 is 2.83. The van der Waals surface area contributed by atoms with Gasteiger partial charge in [0.15, 0.2) is 5.13 Å². The van der Waals surface area contributed by atoms with Crippen molar-refractivity contribution in [1.82, 2.24) is 20.2 Å². The van der Waals surface area contributed by atoms with E-state index in [4.69, 9.17) is 0 Å². The van der Waals surface area contributed by atoms with Crippen molar-refractivity contribution in [3.05, 3.63) is 78.1 Å². The van der Waals surface area contributed by atoms with Gasteiger partial charge in [0.25, 0.3) is 5.91 Å². The first-order valence-corrected chi connectivity index (χ1v) is 10.7. The number of hydrogen-bond donors (Lipinski definition) is 3. The Kier molecular flexibility index (Phi) is 5.99. The van der Waals surface area contributed by atoms with Crippen LogP contribution < -0.4 is 10.6 Å². The number of benzene rings is 2. The van der Waals surface area contributed by atoms with Gasteiger partial charge in [-0.1, -0.05) is 23.5 Å². The predicted molar refractivity (Wildman–Crippen MR) is 121 cm³/mol. The van der Waals surface area contributed by atoms with Gasteiger partial charge in [-0.3, -0.25) is 9.59 Å². The Morgan fingerprint density at radius 2 is 1.87 bits per heavy atom. The number of rotatable bonds is 7. The number of carbonyl (C=O) groups is 2. The quantitative estimate of drug-likeness (QED) is 0.416. The zero-order valence-corrected chi connectivity index (χ0v) is 17.7. The number of hydrogen-bond acceptors (Lipinski definition) is 5. The first kappa shape index (κ1) is 20.6. The number of amides is 2. The van der Waals surface area contributed by atoms with Crippen molar-refractivity contribution in [3.8, 4) is 10.9 Å². The van der Waals surface area contributed by atoms with Gasteiger partial charge in [-0.2, -0.15) is 0 Å². The van der Waals surface area contributed by atoms with Crippen molar-refractivity contribution in [2.24, 2.45) is 0 Å². The fraction of sp³-hybridized carbons (Fsp3) is 0.174. The number of nitrogens with one attached hydrogen (secondary N) is 2. The molecule has 0 spiro atoms. The highest BCUT2D eigenvalue weighted by Gasteiger charge is 2.17. The Bertz CT molecular complexity index is 1200. The Morgan fingerprint density at radius 3 is 2.61 bits per heavy atom. The third kappa shape index (κ3) is 4.92. The molecule has 0 radical (unpaired) electrons. The molecule has 0 saturated carbocycles. The summed E-state index contributed by atoms with van der Waals surface area (Å²) in [7, 11) is 0. The molecule has 158 valence electrons. The van der Waals surface area contributed by atoms with Crippen LogP contribution in [0.1, 0.15) is 22.8 Å². The number of phenolic OH excluding ortho intramolecular Hbond substituents is 1. The number of fused-ring (bicyclic) bond motifs is 1. The van der Waals surface area contributed by atoms with Crippen LogP contribution in [0.3, 0.4) is 0 Å². The van der Waals surface area contributed by atoms with Crippen LogP contribution in [0.15, 0.2) is 67.0 Å². The molecular weight excluding hydrogens is 412 g/mol. The van der Waals surface area contributed by atoms with Gasteiger partial charge < -0.3 is 20.3 Å². The van der Waals surface area contributed by atoms with Crippen molar-refractivity contribution < 1.29 is 14.7 Å². The van der Waals surface area contributed by atoms with Crippen LogP contribution >= 0.6 is 11.3 Å². The molecule has 0 fully saturated rings. The Balaban J connectivity index is 1.33. The molecule has 2 heterocycles. The minimum absolute atomic E-state index is 0.210. The van der Waals surface area contributed by atoms with Crippen LogP contribution in [-0.4, -0.2) is 39.1 Å². The molecule has 4 aromatic rings. The van der Waals surface area contributed by atoms with E-state index in [0.29, 0.717) is 18.5 Å². The Hall–Kier alpha value is -3.65. The van der Waals surface area contributed by atoms with E-state index in [-0.39, 0.29) is 17.6 Å². The summed E-state index contributed by atoms with van der Waals surface area (Å²) in [5.41, 5.74) is 2.32. The summed E-state index contributed by atoms with van der Waals surface area (Å²) in [6.07, 6.45) is 4.49. The van der Waals surface area contributed by atoms with Gasteiger partial charge in [0.2, 0.25) is 5.91 Å². The maximum atomic E-state index is 12.6. The molecule has 0 aliphatic heterocycles. The highest BCUT2D eigenvalue weighted by molar-refractivity contribution is 7.20. The lowest BCUT2D eigenvalue weighted by Crippen LogP contribution is -2.45. The molecule has 0 unspecified atom stereocenters. The van der Waals surface area contributed by atoms with Crippen molar-refractivity contribution in [2.75, 3.05) is 6.54 Å². The number of thiazole rings is 1. The number of nitrogens with zero attached hydrogens (tertiary/aromatic N) is 2. The second-order valence-electron chi connectivity index (χ2n) is 7.17. The molecule has 2 aromatic carbocycles. The van der Waals surface area contributed by atoms with Crippen LogP contribution in [0.25, 0.3) is 15.3 Å². The van der Waals surface area contributed by atoms with Crippen molar-refractivity contribution in [2.45, 2.75) is 19.4 Å². The normalized spacial score (nSPS) is 11.9. The Labute approximate surface area is 183 Å². The lowest BCUT2D eigenvalue weighted by atomic mass is 10.1. The highest BCUT2D eigenvalue weighted by atomic mass is 32.1. The largest absolute Gasteiger partial charge is 0.508 e. The minimum atomic E-state index is -0.667. The van der Waals surface area contributed by atoms with E-state index < -0.39 is 6.04 Å². The second-order valence-corrected chi connectivity index (χ2v) is 8.18. The summed E-state index contributed by atoms with van der Waals surface area (Å²) in [6, 6.07) is 15.4. The molecule has 0 aliphatic rings. The monoisotopic (exact) mass is 434 g/mol. The number of aromatic hydroxyl groups is 1. The average Bonchev–Trinajstić information content (AvgIpc) is 3.44. The SMILES string of the molecule is C[C@@H](NC(=O)c1ccc2nc(-n3cccc3)sc2c1)C(=O)NCCc1ccc(O)cc1. The van der Waals surface area contributed by atoms with Crippen LogP contribution in [0.4, 0.5) is 0 Å². The van der Waals surface area contributed by atoms with E-state index in [1.807, 2.05) is 47.3 Å². The maximum Gasteiger partial charge on any atom is 0.251 e. The predicted octanol–water partition coefficient (Wildman–Crippen LogP) is 3.27. The fourth-order valence-electron chi connectivity index (χ4n) is 3.12. The molecule has 4 rings (SSSR count). The van der Waals surface area contributed by atoms with Gasteiger partial charge in [0.05, 0.1) is 10.2 Å². The molecule has 2 amide bonds. The van der Waals surface area contributed by atoms with E-state index in [2.05, 4.69) is 15.6 Å². The van der Waals surface area contributed by atoms with Gasteiger partial charge in [0, 0.05) is 24.5 Å². The molecule has 0 bridgehead atoms. The fourth-order valence-corrected chi connectivity index (χ4v) is 4.09. The highest BCUT2D eigenvalue weighted by Crippen LogP contribution is 2.26. The summed E-state index contributed by atoms with van der Waals surface area (Å²) >= 11 is 1.50. The lowest BCUT2D eigenvalue weighted by Gasteiger charge is -2.14. The first-order chi connectivity index (χ1) is 15.0. The van der Waals surface area contributed by atoms with Crippen LogP contribution in [-0.2, 0) is 11.2 Å². The van der Waals surface area contributed by atoms with Crippen molar-refractivity contribution >= 4 is 33.4 Å². The molecule has 7 nitrogen and oxygen atoms in total. The third-order valence-corrected chi connectivity index (χ3v) is 5.89. The summed E-state index contributed by atoms with van der Waals surface area (Å²) in [5, 5.41) is 15.7. The van der Waals surface area contributed by atoms with Gasteiger partial charge >= 0.3 is 0 Å². The van der Waals surface area contributed by atoms with E-state index in [9.17, 15) is 14.7 Å². The van der Waals surface area contributed by atoms with Crippen molar-refractivity contribution in [3.63, 3.8) is 0 Å². The van der Waals surface area contributed by atoms with Crippen LogP contribution in [0.5, 0.6) is 5.75 Å². The number of aromatic nitrogens is 2. The standard InChI is InChI=1S/C23H22N4O3S/c1-15(21(29)24-11-10-16-4-7-18(28)8-5-16)25-22(30)17-6-9-19-20(14-17)31-23(26-19)27-12-2-3-13-27/h2-9,12-15,28H,10-11H2,1H3,(H,24,29)(H,25,30)/t15-/m1/s1. The minimum Gasteiger partial charge on any atom is -0.508 e. The topological polar surface area (TPSA) is 96.2 Å². The summed E-state index contributed by atoms with van der Waals surface area (Å²) in [4.78, 5) is 29.5. The van der Waals surface area contributed by atoms with E-state index in [0.717, 1.165) is 20.9 Å². The molecule has 0 aliphatic carbocycles. The molecular formula is C23H22N4O3S. The molecule has 0 saturated heterocycles. The summed E-state index contributed by atoms with van der Waals surface area (Å²) in [6.45, 7) is 2.10. The zero-order valence-electron chi connectivity index (χ0n) is 16.9. The number of carbonyl (C=O) groups excluding carboxylic acids is 2. The molecule has 1 atom stereocenters. The van der Waals surface area contributed by atoms with Gasteiger partial charge in [-0.05, 0) is 61.4 Å². The van der Waals surface area contributed by atoms with Crippen LogP contribution in [0.2, 0.25) is 0 Å².